The van der Waals surface area contributed by atoms with Crippen LogP contribution in [0.15, 0.2) is 34.1 Å². The molecule has 1 aromatic carbocycles. The van der Waals surface area contributed by atoms with Crippen LogP contribution >= 0.6 is 22.7 Å². The molecule has 3 aromatic heterocycles. The predicted octanol–water partition coefficient (Wildman–Crippen LogP) is -0.0867. The summed E-state index contributed by atoms with van der Waals surface area (Å²) in [6.07, 6.45) is -0.783. The molecule has 2 N–H and O–H groups in total. The first-order valence-electron chi connectivity index (χ1n) is 8.52. The summed E-state index contributed by atoms with van der Waals surface area (Å²) >= 11 is 2.49. The van der Waals surface area contributed by atoms with Gasteiger partial charge in [-0.3, -0.25) is 9.59 Å². The van der Waals surface area contributed by atoms with E-state index in [1.165, 1.54) is 29.6 Å². The van der Waals surface area contributed by atoms with Gasteiger partial charge in [0, 0.05) is 23.6 Å². The minimum absolute atomic E-state index is 0. The maximum absolute atomic E-state index is 12.6. The maximum atomic E-state index is 12.6. The Bertz CT molecular complexity index is 1250. The molecule has 4 rings (SSSR count). The Labute approximate surface area is 226 Å². The minimum atomic E-state index is -0.783. The molecule has 0 aliphatic rings. The molecule has 0 aliphatic heterocycles. The van der Waals surface area contributed by atoms with E-state index in [0.717, 1.165) is 4.88 Å². The van der Waals surface area contributed by atoms with Gasteiger partial charge < -0.3 is 20.2 Å². The summed E-state index contributed by atoms with van der Waals surface area (Å²) in [7, 11) is 0. The summed E-state index contributed by atoms with van der Waals surface area (Å²) < 4.78 is 4.87. The number of hydrogen-bond donors (Lipinski definition) is 2. The third-order valence-electron chi connectivity index (χ3n) is 3.78. The molecule has 152 valence electrons. The zero-order chi connectivity index (χ0) is 21.3. The van der Waals surface area contributed by atoms with Crippen LogP contribution in [0.1, 0.15) is 22.4 Å². The van der Waals surface area contributed by atoms with E-state index in [0.29, 0.717) is 27.8 Å². The summed E-state index contributed by atoms with van der Waals surface area (Å²) in [5.74, 6) is -0.520. The molecule has 0 bridgehead atoms. The molecule has 4 aromatic rings. The summed E-state index contributed by atoms with van der Waals surface area (Å²) in [6, 6.07) is 6.68. The van der Waals surface area contributed by atoms with Gasteiger partial charge >= 0.3 is 51.4 Å². The normalized spacial score (nSPS) is 10.4. The Hall–Kier alpha value is -2.00. The van der Waals surface area contributed by atoms with E-state index in [2.05, 4.69) is 30.8 Å². The van der Waals surface area contributed by atoms with E-state index in [-0.39, 0.29) is 74.1 Å². The molecule has 0 saturated heterocycles. The minimum Gasteiger partial charge on any atom is -0.548 e. The monoisotopic (exact) mass is 480 g/mol. The second-order valence-electron chi connectivity index (χ2n) is 6.06. The number of rotatable bonds is 5. The van der Waals surface area contributed by atoms with Crippen LogP contribution in [-0.2, 0) is 4.79 Å². The number of carbonyl (C=O) groups excluding carboxylic acids is 2. The number of aryl methyl sites for hydroxylation is 1. The van der Waals surface area contributed by atoms with Crippen LogP contribution in [0, 0.1) is 6.92 Å². The molecule has 13 heteroatoms. The van der Waals surface area contributed by atoms with Crippen molar-refractivity contribution in [1.29, 1.82) is 0 Å². The molecule has 0 fully saturated rings. The standard InChI is InChI=1S/C18H14N6O4S2.K/c1-8-13(30-17(19-8)20-9(2)25)12-7-29-16(22-12)14(26)21-11-5-3-4-10(6-11)15-23-24-18(27)28-15;/h3-7H,1-2H3,(H,21,26)(H,24,27)(H,19,20,25);/q;+1/p-1. The summed E-state index contributed by atoms with van der Waals surface area (Å²) in [5, 5.41) is 25.9. The fraction of sp³-hybridized carbons (Fsp3) is 0.111. The topological polar surface area (TPSA) is 146 Å². The van der Waals surface area contributed by atoms with Crippen molar-refractivity contribution in [3.63, 3.8) is 0 Å². The van der Waals surface area contributed by atoms with Crippen molar-refractivity contribution in [3.05, 3.63) is 40.3 Å². The quantitative estimate of drug-likeness (QED) is 0.377. The summed E-state index contributed by atoms with van der Waals surface area (Å²) in [4.78, 5) is 33.3. The van der Waals surface area contributed by atoms with Crippen LogP contribution in [-0.4, -0.2) is 32.0 Å². The average molecular weight is 481 g/mol. The van der Waals surface area contributed by atoms with Gasteiger partial charge in [0.1, 0.15) is 5.89 Å². The Balaban J connectivity index is 0.00000272. The van der Waals surface area contributed by atoms with Gasteiger partial charge in [0.15, 0.2) is 16.2 Å². The van der Waals surface area contributed by atoms with Crippen LogP contribution < -0.4 is 67.1 Å². The number of benzene rings is 1. The zero-order valence-electron chi connectivity index (χ0n) is 16.6. The van der Waals surface area contributed by atoms with Gasteiger partial charge in [0.25, 0.3) is 5.91 Å². The molecule has 0 radical (unpaired) electrons. The first kappa shape index (κ1) is 23.7. The van der Waals surface area contributed by atoms with E-state index >= 15 is 0 Å². The Morgan fingerprint density at radius 1 is 1.16 bits per heavy atom. The first-order chi connectivity index (χ1) is 14.4. The molecule has 3 heterocycles. The fourth-order valence-electron chi connectivity index (χ4n) is 2.56. The second kappa shape index (κ2) is 10.1. The molecule has 31 heavy (non-hydrogen) atoms. The van der Waals surface area contributed by atoms with E-state index in [4.69, 9.17) is 4.42 Å². The molecule has 0 spiro atoms. The van der Waals surface area contributed by atoms with Gasteiger partial charge in [-0.05, 0) is 19.1 Å². The van der Waals surface area contributed by atoms with Gasteiger partial charge in [-0.15, -0.1) is 21.5 Å². The number of amides is 2. The third kappa shape index (κ3) is 5.63. The van der Waals surface area contributed by atoms with E-state index < -0.39 is 6.08 Å². The predicted molar refractivity (Wildman–Crippen MR) is 109 cm³/mol. The smallest absolute Gasteiger partial charge is 0.548 e. The number of anilines is 2. The van der Waals surface area contributed by atoms with Crippen LogP contribution in [0.25, 0.3) is 22.0 Å². The van der Waals surface area contributed by atoms with Crippen molar-refractivity contribution < 1.29 is 70.5 Å². The SMILES string of the molecule is CC(=O)Nc1nc(C)c(-c2csc(C(=O)Nc3cccc(-c4nnc([O-])o4)c3)n2)s1.[K+]. The van der Waals surface area contributed by atoms with Crippen molar-refractivity contribution >= 4 is 45.3 Å². The van der Waals surface area contributed by atoms with Crippen molar-refractivity contribution in [3.8, 4) is 28.1 Å². The van der Waals surface area contributed by atoms with Gasteiger partial charge in [-0.25, -0.2) is 9.97 Å². The number of nitrogens with one attached hydrogen (secondary N) is 2. The van der Waals surface area contributed by atoms with E-state index in [1.54, 1.807) is 29.6 Å². The Kier molecular flexibility index (Phi) is 7.69. The average Bonchev–Trinajstić information content (AvgIpc) is 3.41. The fourth-order valence-corrected chi connectivity index (χ4v) is 4.31. The Morgan fingerprint density at radius 2 is 1.97 bits per heavy atom. The maximum Gasteiger partial charge on any atom is 1.00 e. The van der Waals surface area contributed by atoms with Crippen molar-refractivity contribution in [1.82, 2.24) is 20.2 Å². The Morgan fingerprint density at radius 3 is 2.68 bits per heavy atom. The van der Waals surface area contributed by atoms with Gasteiger partial charge in [0.05, 0.1) is 16.3 Å². The van der Waals surface area contributed by atoms with Crippen LogP contribution in [0.2, 0.25) is 0 Å². The molecular formula is C18H13KN6O4S2. The molecule has 10 nitrogen and oxygen atoms in total. The molecule has 0 unspecified atom stereocenters. The van der Waals surface area contributed by atoms with Gasteiger partial charge in [-0.1, -0.05) is 23.5 Å². The number of hydrogen-bond acceptors (Lipinski definition) is 10. The summed E-state index contributed by atoms with van der Waals surface area (Å²) in [5.41, 5.74) is 2.32. The third-order valence-corrected chi connectivity index (χ3v) is 5.72. The van der Waals surface area contributed by atoms with Crippen LogP contribution in [0.3, 0.4) is 0 Å². The molecule has 0 saturated carbocycles. The molecular weight excluding hydrogens is 467 g/mol. The van der Waals surface area contributed by atoms with E-state index in [9.17, 15) is 14.7 Å². The largest absolute Gasteiger partial charge is 1.00 e. The van der Waals surface area contributed by atoms with Crippen LogP contribution in [0.4, 0.5) is 10.8 Å². The first-order valence-corrected chi connectivity index (χ1v) is 10.2. The number of nitrogens with zero attached hydrogens (tertiary/aromatic N) is 4. The van der Waals surface area contributed by atoms with Crippen molar-refractivity contribution in [2.24, 2.45) is 0 Å². The molecule has 0 aliphatic carbocycles. The van der Waals surface area contributed by atoms with E-state index in [1.807, 2.05) is 6.92 Å². The molecule has 0 atom stereocenters. The number of carbonyl (C=O) groups is 2. The summed E-state index contributed by atoms with van der Waals surface area (Å²) in [6.45, 7) is 3.22. The van der Waals surface area contributed by atoms with Crippen LogP contribution in [0.5, 0.6) is 6.08 Å². The molecule has 2 amide bonds. The van der Waals surface area contributed by atoms with Gasteiger partial charge in [-0.2, -0.15) is 0 Å². The van der Waals surface area contributed by atoms with Crippen molar-refractivity contribution in [2.45, 2.75) is 13.8 Å². The number of aromatic nitrogens is 4. The second-order valence-corrected chi connectivity index (χ2v) is 7.92. The van der Waals surface area contributed by atoms with Crippen molar-refractivity contribution in [2.75, 3.05) is 10.6 Å². The zero-order valence-corrected chi connectivity index (χ0v) is 21.4. The number of thiazole rings is 2. The van der Waals surface area contributed by atoms with Gasteiger partial charge in [0.2, 0.25) is 5.91 Å².